The lowest BCUT2D eigenvalue weighted by Gasteiger charge is -2.32. The van der Waals surface area contributed by atoms with Crippen molar-refractivity contribution < 1.29 is 9.47 Å². The fourth-order valence-corrected chi connectivity index (χ4v) is 3.98. The van der Waals surface area contributed by atoms with Gasteiger partial charge in [0.15, 0.2) is 11.5 Å². The minimum atomic E-state index is 0.0957. The van der Waals surface area contributed by atoms with E-state index < -0.39 is 0 Å². The van der Waals surface area contributed by atoms with Crippen LogP contribution in [0, 0.1) is 0 Å². The third kappa shape index (κ3) is 2.35. The first kappa shape index (κ1) is 14.5. The van der Waals surface area contributed by atoms with Gasteiger partial charge in [-0.2, -0.15) is 0 Å². The van der Waals surface area contributed by atoms with Gasteiger partial charge in [-0.05, 0) is 45.0 Å². The zero-order valence-electron chi connectivity index (χ0n) is 13.5. The molecule has 2 aliphatic rings. The average molecular weight is 290 g/mol. The SMILES string of the molecule is COc1ccc2c(c1OC)C(C)(C[C@H]1CCCN1C)CN2. The summed E-state index contributed by atoms with van der Waals surface area (Å²) in [6.45, 7) is 4.53. The number of likely N-dealkylation sites (tertiary alicyclic amines) is 1. The van der Waals surface area contributed by atoms with Gasteiger partial charge in [0.1, 0.15) is 0 Å². The fourth-order valence-electron chi connectivity index (χ4n) is 3.98. The molecule has 1 aromatic carbocycles. The molecule has 0 amide bonds. The van der Waals surface area contributed by atoms with Crippen LogP contribution >= 0.6 is 0 Å². The van der Waals surface area contributed by atoms with Gasteiger partial charge >= 0.3 is 0 Å². The number of rotatable bonds is 4. The van der Waals surface area contributed by atoms with Gasteiger partial charge in [-0.25, -0.2) is 0 Å². The summed E-state index contributed by atoms with van der Waals surface area (Å²) in [5.74, 6) is 1.72. The second-order valence-corrected chi connectivity index (χ2v) is 6.62. The molecule has 2 aliphatic heterocycles. The average Bonchev–Trinajstić information content (AvgIpc) is 3.03. The van der Waals surface area contributed by atoms with E-state index in [2.05, 4.69) is 30.3 Å². The molecular weight excluding hydrogens is 264 g/mol. The van der Waals surface area contributed by atoms with Crippen LogP contribution in [0.5, 0.6) is 11.5 Å². The molecule has 0 spiro atoms. The number of nitrogens with one attached hydrogen (secondary N) is 1. The fraction of sp³-hybridized carbons (Fsp3) is 0.647. The lowest BCUT2D eigenvalue weighted by Crippen LogP contribution is -2.35. The van der Waals surface area contributed by atoms with Crippen molar-refractivity contribution in [3.63, 3.8) is 0 Å². The number of methoxy groups -OCH3 is 2. The third-order valence-corrected chi connectivity index (χ3v) is 5.18. The second kappa shape index (κ2) is 5.41. The summed E-state index contributed by atoms with van der Waals surface area (Å²) in [6.07, 6.45) is 3.77. The Hall–Kier alpha value is -1.42. The largest absolute Gasteiger partial charge is 0.493 e. The smallest absolute Gasteiger partial charge is 0.166 e. The molecule has 21 heavy (non-hydrogen) atoms. The van der Waals surface area contributed by atoms with Crippen LogP contribution in [0.15, 0.2) is 12.1 Å². The summed E-state index contributed by atoms with van der Waals surface area (Å²) in [5, 5.41) is 3.55. The Morgan fingerprint density at radius 1 is 1.33 bits per heavy atom. The van der Waals surface area contributed by atoms with E-state index in [9.17, 15) is 0 Å². The summed E-state index contributed by atoms with van der Waals surface area (Å²) in [6, 6.07) is 4.76. The van der Waals surface area contributed by atoms with Gasteiger partial charge < -0.3 is 19.7 Å². The molecule has 4 nitrogen and oxygen atoms in total. The van der Waals surface area contributed by atoms with Crippen LogP contribution in [0.25, 0.3) is 0 Å². The molecule has 0 saturated carbocycles. The van der Waals surface area contributed by atoms with Crippen molar-refractivity contribution in [2.45, 2.75) is 37.6 Å². The Bertz CT molecular complexity index is 532. The first-order valence-electron chi connectivity index (χ1n) is 7.78. The van der Waals surface area contributed by atoms with E-state index in [1.807, 2.05) is 6.07 Å². The summed E-state index contributed by atoms with van der Waals surface area (Å²) < 4.78 is 11.2. The molecule has 116 valence electrons. The first-order valence-corrected chi connectivity index (χ1v) is 7.78. The maximum atomic E-state index is 5.69. The van der Waals surface area contributed by atoms with Crippen LogP contribution in [0.2, 0.25) is 0 Å². The van der Waals surface area contributed by atoms with Crippen molar-refractivity contribution in [3.05, 3.63) is 17.7 Å². The Kier molecular flexibility index (Phi) is 3.74. The molecule has 1 unspecified atom stereocenters. The van der Waals surface area contributed by atoms with Gasteiger partial charge in [0.2, 0.25) is 0 Å². The highest BCUT2D eigenvalue weighted by Gasteiger charge is 2.41. The van der Waals surface area contributed by atoms with Gasteiger partial charge in [0.05, 0.1) is 14.2 Å². The molecule has 0 bridgehead atoms. The molecule has 1 aromatic rings. The number of hydrogen-bond acceptors (Lipinski definition) is 4. The molecule has 1 fully saturated rings. The number of hydrogen-bond donors (Lipinski definition) is 1. The molecule has 3 rings (SSSR count). The number of benzene rings is 1. The molecular formula is C17H26N2O2. The molecule has 2 atom stereocenters. The van der Waals surface area contributed by atoms with Crippen LogP contribution in [0.1, 0.15) is 31.7 Å². The standard InChI is InChI=1S/C17H26N2O2/c1-17(10-12-6-5-9-19(12)2)11-18-13-7-8-14(20-3)16(21-4)15(13)17/h7-8,12,18H,5-6,9-11H2,1-4H3/t12-,17?/m1/s1. The summed E-state index contributed by atoms with van der Waals surface area (Å²) in [4.78, 5) is 2.50. The van der Waals surface area contributed by atoms with E-state index in [-0.39, 0.29) is 5.41 Å². The topological polar surface area (TPSA) is 33.7 Å². The zero-order chi connectivity index (χ0) is 15.0. The van der Waals surface area contributed by atoms with Crippen LogP contribution in [-0.4, -0.2) is 45.3 Å². The van der Waals surface area contributed by atoms with E-state index in [0.29, 0.717) is 6.04 Å². The van der Waals surface area contributed by atoms with Crippen molar-refractivity contribution >= 4 is 5.69 Å². The van der Waals surface area contributed by atoms with Crippen LogP contribution in [0.4, 0.5) is 5.69 Å². The van der Waals surface area contributed by atoms with Crippen molar-refractivity contribution in [2.75, 3.05) is 39.7 Å². The third-order valence-electron chi connectivity index (χ3n) is 5.18. The lowest BCUT2D eigenvalue weighted by molar-refractivity contribution is 0.250. The predicted octanol–water partition coefficient (Wildman–Crippen LogP) is 2.87. The Balaban J connectivity index is 1.97. The van der Waals surface area contributed by atoms with Gasteiger partial charge in [-0.3, -0.25) is 0 Å². The number of ether oxygens (including phenoxy) is 2. The highest BCUT2D eigenvalue weighted by Crippen LogP contribution is 2.49. The van der Waals surface area contributed by atoms with Crippen molar-refractivity contribution in [3.8, 4) is 11.5 Å². The highest BCUT2D eigenvalue weighted by atomic mass is 16.5. The number of nitrogens with zero attached hydrogens (tertiary/aromatic N) is 1. The van der Waals surface area contributed by atoms with E-state index in [0.717, 1.165) is 24.5 Å². The van der Waals surface area contributed by atoms with Crippen molar-refractivity contribution in [1.29, 1.82) is 0 Å². The Morgan fingerprint density at radius 3 is 2.76 bits per heavy atom. The summed E-state index contributed by atoms with van der Waals surface area (Å²) >= 11 is 0. The molecule has 4 heteroatoms. The van der Waals surface area contributed by atoms with E-state index in [4.69, 9.17) is 9.47 Å². The van der Waals surface area contributed by atoms with Gasteiger partial charge in [-0.1, -0.05) is 6.92 Å². The maximum absolute atomic E-state index is 5.69. The van der Waals surface area contributed by atoms with Crippen LogP contribution in [0.3, 0.4) is 0 Å². The van der Waals surface area contributed by atoms with Crippen molar-refractivity contribution in [2.24, 2.45) is 0 Å². The molecule has 0 aromatic heterocycles. The van der Waals surface area contributed by atoms with E-state index in [1.165, 1.54) is 30.6 Å². The maximum Gasteiger partial charge on any atom is 0.166 e. The van der Waals surface area contributed by atoms with Crippen molar-refractivity contribution in [1.82, 2.24) is 4.90 Å². The molecule has 0 radical (unpaired) electrons. The Labute approximate surface area is 127 Å². The quantitative estimate of drug-likeness (QED) is 0.924. The normalized spacial score (nSPS) is 28.3. The second-order valence-electron chi connectivity index (χ2n) is 6.62. The van der Waals surface area contributed by atoms with Gasteiger partial charge in [0.25, 0.3) is 0 Å². The monoisotopic (exact) mass is 290 g/mol. The van der Waals surface area contributed by atoms with Gasteiger partial charge in [-0.15, -0.1) is 0 Å². The highest BCUT2D eigenvalue weighted by molar-refractivity contribution is 5.69. The van der Waals surface area contributed by atoms with E-state index >= 15 is 0 Å². The number of anilines is 1. The minimum absolute atomic E-state index is 0.0957. The van der Waals surface area contributed by atoms with E-state index in [1.54, 1.807) is 14.2 Å². The predicted molar refractivity (Wildman–Crippen MR) is 85.7 cm³/mol. The molecule has 1 N–H and O–H groups in total. The first-order chi connectivity index (χ1) is 10.1. The molecule has 0 aliphatic carbocycles. The summed E-state index contributed by atoms with van der Waals surface area (Å²) in [7, 11) is 5.68. The number of fused-ring (bicyclic) bond motifs is 1. The zero-order valence-corrected chi connectivity index (χ0v) is 13.5. The lowest BCUT2D eigenvalue weighted by atomic mass is 9.77. The van der Waals surface area contributed by atoms with Crippen LogP contribution in [-0.2, 0) is 5.41 Å². The molecule has 2 heterocycles. The van der Waals surface area contributed by atoms with Crippen LogP contribution < -0.4 is 14.8 Å². The molecule has 1 saturated heterocycles. The van der Waals surface area contributed by atoms with Gasteiger partial charge in [0, 0.05) is 29.3 Å². The summed E-state index contributed by atoms with van der Waals surface area (Å²) in [5.41, 5.74) is 2.57. The minimum Gasteiger partial charge on any atom is -0.493 e. The Morgan fingerprint density at radius 2 is 2.14 bits per heavy atom.